The summed E-state index contributed by atoms with van der Waals surface area (Å²) < 4.78 is 12.1. The van der Waals surface area contributed by atoms with Gasteiger partial charge in [0.2, 0.25) is 0 Å². The molecule has 0 aliphatic rings. The molecule has 2 N–H and O–H groups in total. The van der Waals surface area contributed by atoms with Gasteiger partial charge in [-0.15, -0.1) is 0 Å². The fourth-order valence-corrected chi connectivity index (χ4v) is 3.37. The molecule has 0 saturated carbocycles. The van der Waals surface area contributed by atoms with Crippen LogP contribution >= 0.6 is 0 Å². The molecule has 2 heterocycles. The summed E-state index contributed by atoms with van der Waals surface area (Å²) in [7, 11) is 0. The number of hydrogen-bond donors (Lipinski definition) is 2. The van der Waals surface area contributed by atoms with Crippen molar-refractivity contribution >= 4 is 11.0 Å². The van der Waals surface area contributed by atoms with E-state index in [4.69, 9.17) is 9.15 Å². The molecule has 4 aromatic rings. The number of furan rings is 1. The zero-order valence-corrected chi connectivity index (χ0v) is 17.0. The molecule has 150 valence electrons. The number of ether oxygens (including phenoxy) is 1. The number of aliphatic hydroxyl groups is 1. The van der Waals surface area contributed by atoms with Crippen LogP contribution in [0.5, 0.6) is 5.75 Å². The summed E-state index contributed by atoms with van der Waals surface area (Å²) in [6.45, 7) is 7.00. The van der Waals surface area contributed by atoms with E-state index in [0.29, 0.717) is 30.5 Å². The Bertz CT molecular complexity index is 1120. The lowest BCUT2D eigenvalue weighted by Gasteiger charge is -2.13. The lowest BCUT2D eigenvalue weighted by atomic mass is 10.1. The molecule has 0 unspecified atom stereocenters. The molecule has 0 aliphatic heterocycles. The Balaban J connectivity index is 1.60. The predicted octanol–water partition coefficient (Wildman–Crippen LogP) is 5.25. The van der Waals surface area contributed by atoms with Crippen LogP contribution in [-0.4, -0.2) is 21.7 Å². The third-order valence-corrected chi connectivity index (χ3v) is 4.81. The second-order valence-electron chi connectivity index (χ2n) is 7.82. The van der Waals surface area contributed by atoms with Gasteiger partial charge in [-0.3, -0.25) is 0 Å². The molecule has 4 rings (SSSR count). The fraction of sp³-hybridized carbons (Fsp3) is 0.292. The SMILES string of the molecule is Cc1ccc(OCC(C)C)c(Cc2ccc(-c3nc4c(CO)cccc4[nH]3)o2)c1. The normalized spacial score (nSPS) is 11.5. The first-order valence-corrected chi connectivity index (χ1v) is 9.93. The summed E-state index contributed by atoms with van der Waals surface area (Å²) in [6.07, 6.45) is 0.650. The number of aryl methyl sites for hydroxylation is 1. The van der Waals surface area contributed by atoms with Crippen LogP contribution in [0.15, 0.2) is 52.9 Å². The maximum Gasteiger partial charge on any atom is 0.174 e. The van der Waals surface area contributed by atoms with E-state index >= 15 is 0 Å². The number of imidazole rings is 1. The van der Waals surface area contributed by atoms with Crippen molar-refractivity contribution in [3.05, 3.63) is 71.0 Å². The molecule has 0 amide bonds. The van der Waals surface area contributed by atoms with Crippen LogP contribution in [0.25, 0.3) is 22.6 Å². The third kappa shape index (κ3) is 4.20. The zero-order chi connectivity index (χ0) is 20.4. The number of aromatic amines is 1. The van der Waals surface area contributed by atoms with E-state index in [1.807, 2.05) is 36.4 Å². The average molecular weight is 390 g/mol. The summed E-state index contributed by atoms with van der Waals surface area (Å²) in [5.41, 5.74) is 4.75. The van der Waals surface area contributed by atoms with Gasteiger partial charge >= 0.3 is 0 Å². The topological polar surface area (TPSA) is 71.3 Å². The molecule has 0 radical (unpaired) electrons. The molecule has 0 bridgehead atoms. The molecule has 0 spiro atoms. The first-order chi connectivity index (χ1) is 14.0. The molecule has 0 atom stereocenters. The van der Waals surface area contributed by atoms with Crippen molar-refractivity contribution in [2.45, 2.75) is 33.8 Å². The van der Waals surface area contributed by atoms with Gasteiger partial charge in [-0.25, -0.2) is 4.98 Å². The summed E-state index contributed by atoms with van der Waals surface area (Å²) in [5.74, 6) is 3.56. The van der Waals surface area contributed by atoms with Crippen molar-refractivity contribution in [2.75, 3.05) is 6.61 Å². The van der Waals surface area contributed by atoms with Gasteiger partial charge in [0, 0.05) is 17.5 Å². The second-order valence-corrected chi connectivity index (χ2v) is 7.82. The number of para-hydroxylation sites is 1. The van der Waals surface area contributed by atoms with E-state index < -0.39 is 0 Å². The molecule has 0 fully saturated rings. The minimum Gasteiger partial charge on any atom is -0.493 e. The largest absolute Gasteiger partial charge is 0.493 e. The number of benzene rings is 2. The van der Waals surface area contributed by atoms with E-state index in [1.54, 1.807) is 0 Å². The van der Waals surface area contributed by atoms with Gasteiger partial charge < -0.3 is 19.2 Å². The number of fused-ring (bicyclic) bond motifs is 1. The van der Waals surface area contributed by atoms with E-state index in [1.165, 1.54) is 5.56 Å². The number of H-pyrrole nitrogens is 1. The maximum atomic E-state index is 9.52. The minimum atomic E-state index is -0.0441. The Morgan fingerprint density at radius 1 is 1.10 bits per heavy atom. The van der Waals surface area contributed by atoms with Crippen molar-refractivity contribution in [2.24, 2.45) is 5.92 Å². The van der Waals surface area contributed by atoms with E-state index in [2.05, 4.69) is 42.9 Å². The smallest absolute Gasteiger partial charge is 0.174 e. The van der Waals surface area contributed by atoms with Gasteiger partial charge in [0.15, 0.2) is 11.6 Å². The molecular formula is C24H26N2O3. The first kappa shape index (κ1) is 19.3. The van der Waals surface area contributed by atoms with E-state index in [0.717, 1.165) is 33.7 Å². The Kier molecular flexibility index (Phi) is 5.41. The maximum absolute atomic E-state index is 9.52. The van der Waals surface area contributed by atoms with Gasteiger partial charge in [-0.1, -0.05) is 43.7 Å². The van der Waals surface area contributed by atoms with Crippen molar-refractivity contribution < 1.29 is 14.3 Å². The van der Waals surface area contributed by atoms with Gasteiger partial charge in [-0.05, 0) is 37.1 Å². The number of aromatic nitrogens is 2. The Morgan fingerprint density at radius 2 is 1.97 bits per heavy atom. The number of rotatable bonds is 7. The average Bonchev–Trinajstić information content (AvgIpc) is 3.33. The minimum absolute atomic E-state index is 0.0441. The molecule has 2 aromatic carbocycles. The lowest BCUT2D eigenvalue weighted by Crippen LogP contribution is -2.06. The lowest BCUT2D eigenvalue weighted by molar-refractivity contribution is 0.268. The van der Waals surface area contributed by atoms with Crippen molar-refractivity contribution in [1.29, 1.82) is 0 Å². The van der Waals surface area contributed by atoms with Gasteiger partial charge in [-0.2, -0.15) is 0 Å². The quantitative estimate of drug-likeness (QED) is 0.452. The fourth-order valence-electron chi connectivity index (χ4n) is 3.37. The summed E-state index contributed by atoms with van der Waals surface area (Å²) >= 11 is 0. The third-order valence-electron chi connectivity index (χ3n) is 4.81. The standard InChI is InChI=1S/C24H26N2O3/c1-15(2)14-28-21-9-7-16(3)11-18(21)12-19-8-10-22(29-19)24-25-20-6-4-5-17(13-27)23(20)26-24/h4-11,15,27H,12-14H2,1-3H3,(H,25,26). The molecule has 5 nitrogen and oxygen atoms in total. The van der Waals surface area contributed by atoms with Crippen LogP contribution in [0.2, 0.25) is 0 Å². The zero-order valence-electron chi connectivity index (χ0n) is 17.0. The van der Waals surface area contributed by atoms with Gasteiger partial charge in [0.25, 0.3) is 0 Å². The van der Waals surface area contributed by atoms with Gasteiger partial charge in [0.1, 0.15) is 11.5 Å². The highest BCUT2D eigenvalue weighted by Crippen LogP contribution is 2.28. The van der Waals surface area contributed by atoms with Crippen molar-refractivity contribution in [3.8, 4) is 17.3 Å². The highest BCUT2D eigenvalue weighted by atomic mass is 16.5. The first-order valence-electron chi connectivity index (χ1n) is 9.93. The number of nitrogens with one attached hydrogen (secondary N) is 1. The second kappa shape index (κ2) is 8.13. The number of aliphatic hydroxyl groups excluding tert-OH is 1. The Morgan fingerprint density at radius 3 is 2.76 bits per heavy atom. The van der Waals surface area contributed by atoms with Crippen molar-refractivity contribution in [1.82, 2.24) is 9.97 Å². The predicted molar refractivity (Wildman–Crippen MR) is 114 cm³/mol. The van der Waals surface area contributed by atoms with Crippen LogP contribution in [0.1, 0.15) is 36.3 Å². The molecule has 0 aliphatic carbocycles. The van der Waals surface area contributed by atoms with E-state index in [9.17, 15) is 5.11 Å². The molecule has 2 aromatic heterocycles. The summed E-state index contributed by atoms with van der Waals surface area (Å²) in [6, 6.07) is 15.9. The molecule has 29 heavy (non-hydrogen) atoms. The van der Waals surface area contributed by atoms with Crippen LogP contribution in [-0.2, 0) is 13.0 Å². The van der Waals surface area contributed by atoms with Crippen LogP contribution < -0.4 is 4.74 Å². The van der Waals surface area contributed by atoms with Crippen molar-refractivity contribution in [3.63, 3.8) is 0 Å². The van der Waals surface area contributed by atoms with Crippen LogP contribution in [0.3, 0.4) is 0 Å². The molecular weight excluding hydrogens is 364 g/mol. The Hall–Kier alpha value is -3.05. The highest BCUT2D eigenvalue weighted by Gasteiger charge is 2.14. The number of hydrogen-bond acceptors (Lipinski definition) is 4. The molecule has 5 heteroatoms. The summed E-state index contributed by atoms with van der Waals surface area (Å²) in [4.78, 5) is 7.90. The Labute approximate surface area is 170 Å². The molecule has 0 saturated heterocycles. The van der Waals surface area contributed by atoms with Crippen LogP contribution in [0, 0.1) is 12.8 Å². The summed E-state index contributed by atoms with van der Waals surface area (Å²) in [5, 5.41) is 9.52. The number of nitrogens with zero attached hydrogens (tertiary/aromatic N) is 1. The highest BCUT2D eigenvalue weighted by molar-refractivity contribution is 5.81. The van der Waals surface area contributed by atoms with Crippen LogP contribution in [0.4, 0.5) is 0 Å². The monoisotopic (exact) mass is 390 g/mol. The van der Waals surface area contributed by atoms with E-state index in [-0.39, 0.29) is 6.61 Å². The van der Waals surface area contributed by atoms with Gasteiger partial charge in [0.05, 0.1) is 24.2 Å².